The number of hydrogen-bond acceptors (Lipinski definition) is 2. The van der Waals surface area contributed by atoms with Crippen LogP contribution in [0.2, 0.25) is 0 Å². The first kappa shape index (κ1) is 16.8. The first-order valence-corrected chi connectivity index (χ1v) is 8.90. The Kier molecular flexibility index (Phi) is 5.34. The Morgan fingerprint density at radius 3 is 2.38 bits per heavy atom. The van der Waals surface area contributed by atoms with E-state index in [1.807, 2.05) is 0 Å². The summed E-state index contributed by atoms with van der Waals surface area (Å²) in [5, 5.41) is 3.33. The number of nitrogens with two attached hydrogens (primary N) is 1. The van der Waals surface area contributed by atoms with Gasteiger partial charge in [-0.15, -0.1) is 0 Å². The second-order valence-corrected chi connectivity index (χ2v) is 8.10. The summed E-state index contributed by atoms with van der Waals surface area (Å²) in [4.78, 5) is 12.8. The van der Waals surface area contributed by atoms with Gasteiger partial charge in [0.05, 0.1) is 0 Å². The molecule has 0 aliphatic heterocycles. The number of carbonyl (C=O) groups is 1. The maximum atomic E-state index is 12.8. The average molecular weight is 294 g/mol. The van der Waals surface area contributed by atoms with E-state index in [1.165, 1.54) is 32.1 Å². The molecule has 0 radical (unpaired) electrons. The summed E-state index contributed by atoms with van der Waals surface area (Å²) in [6.07, 6.45) is 8.47. The highest BCUT2D eigenvalue weighted by Crippen LogP contribution is 2.44. The molecule has 0 bridgehead atoms. The molecule has 4 atom stereocenters. The third-order valence-electron chi connectivity index (χ3n) is 6.55. The van der Waals surface area contributed by atoms with Crippen molar-refractivity contribution in [1.82, 2.24) is 5.32 Å². The minimum absolute atomic E-state index is 0.00592. The predicted molar refractivity (Wildman–Crippen MR) is 87.8 cm³/mol. The SMILES string of the molecule is CC1C(N)CCC(C(=O)N[C@@H](C)C2CCCCC2)C1(C)C. The van der Waals surface area contributed by atoms with E-state index in [1.54, 1.807) is 0 Å². The monoisotopic (exact) mass is 294 g/mol. The molecule has 0 aromatic rings. The van der Waals surface area contributed by atoms with Gasteiger partial charge in [-0.2, -0.15) is 0 Å². The molecule has 0 saturated heterocycles. The quantitative estimate of drug-likeness (QED) is 0.837. The van der Waals surface area contributed by atoms with E-state index in [0.717, 1.165) is 12.8 Å². The topological polar surface area (TPSA) is 55.1 Å². The fourth-order valence-corrected chi connectivity index (χ4v) is 4.40. The van der Waals surface area contributed by atoms with Gasteiger partial charge in [-0.1, -0.05) is 40.0 Å². The Morgan fingerprint density at radius 2 is 1.76 bits per heavy atom. The van der Waals surface area contributed by atoms with Crippen LogP contribution in [0.15, 0.2) is 0 Å². The van der Waals surface area contributed by atoms with Gasteiger partial charge < -0.3 is 11.1 Å². The van der Waals surface area contributed by atoms with E-state index >= 15 is 0 Å². The molecule has 0 heterocycles. The molecule has 122 valence electrons. The first-order valence-electron chi connectivity index (χ1n) is 8.90. The van der Waals surface area contributed by atoms with Crippen molar-refractivity contribution in [3.8, 4) is 0 Å². The molecule has 3 heteroatoms. The number of amides is 1. The van der Waals surface area contributed by atoms with Crippen LogP contribution in [0.3, 0.4) is 0 Å². The van der Waals surface area contributed by atoms with Gasteiger partial charge in [0.15, 0.2) is 0 Å². The van der Waals surface area contributed by atoms with Crippen LogP contribution in [0.5, 0.6) is 0 Å². The molecular weight excluding hydrogens is 260 g/mol. The summed E-state index contributed by atoms with van der Waals surface area (Å²) < 4.78 is 0. The molecule has 2 aliphatic carbocycles. The molecule has 3 N–H and O–H groups in total. The van der Waals surface area contributed by atoms with Crippen LogP contribution < -0.4 is 11.1 Å². The molecule has 3 unspecified atom stereocenters. The largest absolute Gasteiger partial charge is 0.353 e. The van der Waals surface area contributed by atoms with Gasteiger partial charge in [0, 0.05) is 18.0 Å². The summed E-state index contributed by atoms with van der Waals surface area (Å²) in [6.45, 7) is 8.83. The van der Waals surface area contributed by atoms with Crippen molar-refractivity contribution in [2.45, 2.75) is 84.7 Å². The van der Waals surface area contributed by atoms with Crippen LogP contribution in [-0.2, 0) is 4.79 Å². The fraction of sp³-hybridized carbons (Fsp3) is 0.944. The lowest BCUT2D eigenvalue weighted by molar-refractivity contribution is -0.133. The lowest BCUT2D eigenvalue weighted by Crippen LogP contribution is -2.53. The Hall–Kier alpha value is -0.570. The van der Waals surface area contributed by atoms with Crippen molar-refractivity contribution in [2.24, 2.45) is 28.9 Å². The number of hydrogen-bond donors (Lipinski definition) is 2. The van der Waals surface area contributed by atoms with E-state index in [-0.39, 0.29) is 23.3 Å². The minimum atomic E-state index is -0.00592. The highest BCUT2D eigenvalue weighted by Gasteiger charge is 2.45. The van der Waals surface area contributed by atoms with Gasteiger partial charge >= 0.3 is 0 Å². The van der Waals surface area contributed by atoms with Gasteiger partial charge in [0.1, 0.15) is 0 Å². The smallest absolute Gasteiger partial charge is 0.223 e. The molecule has 2 saturated carbocycles. The third kappa shape index (κ3) is 3.61. The van der Waals surface area contributed by atoms with Crippen LogP contribution >= 0.6 is 0 Å². The van der Waals surface area contributed by atoms with Crippen molar-refractivity contribution >= 4 is 5.91 Å². The van der Waals surface area contributed by atoms with E-state index in [4.69, 9.17) is 5.73 Å². The molecule has 1 amide bonds. The zero-order chi connectivity index (χ0) is 15.6. The zero-order valence-electron chi connectivity index (χ0n) is 14.3. The zero-order valence-corrected chi connectivity index (χ0v) is 14.3. The maximum Gasteiger partial charge on any atom is 0.223 e. The van der Waals surface area contributed by atoms with Crippen LogP contribution in [0.4, 0.5) is 0 Å². The highest BCUT2D eigenvalue weighted by atomic mass is 16.2. The standard InChI is InChI=1S/C18H34N2O/c1-12-16(19)11-10-15(18(12,3)4)17(21)20-13(2)14-8-6-5-7-9-14/h12-16H,5-11,19H2,1-4H3,(H,20,21)/t12?,13-,15?,16?/m0/s1. The molecule has 0 aromatic carbocycles. The van der Waals surface area contributed by atoms with Gasteiger partial charge in [0.2, 0.25) is 5.91 Å². The molecule has 21 heavy (non-hydrogen) atoms. The number of nitrogens with one attached hydrogen (secondary N) is 1. The van der Waals surface area contributed by atoms with Crippen LogP contribution in [-0.4, -0.2) is 18.0 Å². The van der Waals surface area contributed by atoms with Crippen molar-refractivity contribution < 1.29 is 4.79 Å². The van der Waals surface area contributed by atoms with E-state index in [2.05, 4.69) is 33.0 Å². The average Bonchev–Trinajstić information content (AvgIpc) is 2.45. The molecule has 2 fully saturated rings. The third-order valence-corrected chi connectivity index (χ3v) is 6.55. The maximum absolute atomic E-state index is 12.8. The van der Waals surface area contributed by atoms with E-state index in [0.29, 0.717) is 17.9 Å². The van der Waals surface area contributed by atoms with E-state index in [9.17, 15) is 4.79 Å². The molecule has 2 aliphatic rings. The Morgan fingerprint density at radius 1 is 1.14 bits per heavy atom. The van der Waals surface area contributed by atoms with Gasteiger partial charge in [-0.25, -0.2) is 0 Å². The molecule has 3 nitrogen and oxygen atoms in total. The normalized spacial score (nSPS) is 35.2. The predicted octanol–water partition coefficient (Wildman–Crippen LogP) is 3.47. The summed E-state index contributed by atoms with van der Waals surface area (Å²) in [5.74, 6) is 1.44. The molecular formula is C18H34N2O. The Bertz CT molecular complexity index is 360. The van der Waals surface area contributed by atoms with Gasteiger partial charge in [-0.3, -0.25) is 4.79 Å². The number of rotatable bonds is 3. The second kappa shape index (κ2) is 6.68. The molecule has 0 spiro atoms. The molecule has 2 rings (SSSR count). The van der Waals surface area contributed by atoms with Crippen LogP contribution in [0.1, 0.15) is 72.6 Å². The lowest BCUT2D eigenvalue weighted by atomic mass is 9.61. The lowest BCUT2D eigenvalue weighted by Gasteiger charge is -2.46. The first-order chi connectivity index (χ1) is 9.84. The van der Waals surface area contributed by atoms with Gasteiger partial charge in [-0.05, 0) is 49.9 Å². The van der Waals surface area contributed by atoms with Crippen LogP contribution in [0, 0.1) is 23.2 Å². The highest BCUT2D eigenvalue weighted by molar-refractivity contribution is 5.80. The minimum Gasteiger partial charge on any atom is -0.353 e. The summed E-state index contributed by atoms with van der Waals surface area (Å²) in [5.41, 5.74) is 6.20. The van der Waals surface area contributed by atoms with Crippen molar-refractivity contribution in [2.75, 3.05) is 0 Å². The van der Waals surface area contributed by atoms with Crippen LogP contribution in [0.25, 0.3) is 0 Å². The van der Waals surface area contributed by atoms with Gasteiger partial charge in [0.25, 0.3) is 0 Å². The summed E-state index contributed by atoms with van der Waals surface area (Å²) >= 11 is 0. The van der Waals surface area contributed by atoms with Crippen molar-refractivity contribution in [3.05, 3.63) is 0 Å². The van der Waals surface area contributed by atoms with Crippen molar-refractivity contribution in [1.29, 1.82) is 0 Å². The van der Waals surface area contributed by atoms with Crippen molar-refractivity contribution in [3.63, 3.8) is 0 Å². The summed E-state index contributed by atoms with van der Waals surface area (Å²) in [7, 11) is 0. The second-order valence-electron chi connectivity index (χ2n) is 8.10. The number of carbonyl (C=O) groups excluding carboxylic acids is 1. The Labute approximate surface area is 130 Å². The summed E-state index contributed by atoms with van der Waals surface area (Å²) in [6, 6.07) is 0.555. The molecule has 0 aromatic heterocycles. The fourth-order valence-electron chi connectivity index (χ4n) is 4.40. The van der Waals surface area contributed by atoms with E-state index < -0.39 is 0 Å². The Balaban J connectivity index is 1.95.